The highest BCUT2D eigenvalue weighted by atomic mass is 16.2. The van der Waals surface area contributed by atoms with Crippen molar-refractivity contribution in [1.29, 1.82) is 0 Å². The van der Waals surface area contributed by atoms with Gasteiger partial charge in [-0.15, -0.1) is 0 Å². The van der Waals surface area contributed by atoms with E-state index in [4.69, 9.17) is 0 Å². The second-order valence-electron chi connectivity index (χ2n) is 8.08. The third-order valence-electron chi connectivity index (χ3n) is 5.60. The minimum atomic E-state index is 0.0538. The standard InChI is InChI=1S/C19H33N5O/c1-5-17-16(11-20-24(17)12-14(2)3)21-19(25)23-9-6-7-15-13-22(4)10-8-18(15)23/h11,14-15,18H,5-10,12-13H2,1-4H3,(H,21,25)/t15-,18+/m0/s1. The van der Waals surface area contributed by atoms with E-state index in [0.29, 0.717) is 17.9 Å². The lowest BCUT2D eigenvalue weighted by molar-refractivity contribution is 0.0579. The summed E-state index contributed by atoms with van der Waals surface area (Å²) in [5.41, 5.74) is 2.00. The summed E-state index contributed by atoms with van der Waals surface area (Å²) in [7, 11) is 2.19. The predicted molar refractivity (Wildman–Crippen MR) is 101 cm³/mol. The van der Waals surface area contributed by atoms with Crippen molar-refractivity contribution in [3.63, 3.8) is 0 Å². The predicted octanol–water partition coefficient (Wildman–Crippen LogP) is 3.05. The van der Waals surface area contributed by atoms with Crippen LogP contribution in [-0.4, -0.2) is 58.3 Å². The van der Waals surface area contributed by atoms with Crippen LogP contribution in [0.3, 0.4) is 0 Å². The Hall–Kier alpha value is -1.56. The van der Waals surface area contributed by atoms with Gasteiger partial charge in [0.05, 0.1) is 17.6 Å². The number of fused-ring (bicyclic) bond motifs is 1. The molecule has 2 fully saturated rings. The molecule has 0 aliphatic carbocycles. The van der Waals surface area contributed by atoms with Crippen LogP contribution in [0, 0.1) is 11.8 Å². The molecule has 1 aromatic rings. The zero-order valence-corrected chi connectivity index (χ0v) is 16.2. The molecule has 0 radical (unpaired) electrons. The SMILES string of the molecule is CCc1c(NC(=O)N2CCC[C@H]3CN(C)CC[C@H]32)cnn1CC(C)C. The van der Waals surface area contributed by atoms with E-state index in [-0.39, 0.29) is 6.03 Å². The molecule has 2 aliphatic heterocycles. The summed E-state index contributed by atoms with van der Waals surface area (Å²) in [6.45, 7) is 10.5. The van der Waals surface area contributed by atoms with Crippen molar-refractivity contribution >= 4 is 11.7 Å². The van der Waals surface area contributed by atoms with Gasteiger partial charge in [0.25, 0.3) is 0 Å². The Morgan fingerprint density at radius 3 is 2.88 bits per heavy atom. The number of nitrogens with zero attached hydrogens (tertiary/aromatic N) is 4. The maximum absolute atomic E-state index is 13.0. The van der Waals surface area contributed by atoms with Gasteiger partial charge in [-0.05, 0) is 51.1 Å². The highest BCUT2D eigenvalue weighted by Gasteiger charge is 2.37. The Labute approximate surface area is 151 Å². The fourth-order valence-electron chi connectivity index (χ4n) is 4.42. The van der Waals surface area contributed by atoms with Crippen molar-refractivity contribution in [3.8, 4) is 0 Å². The molecule has 3 rings (SSSR count). The van der Waals surface area contributed by atoms with Crippen molar-refractivity contribution in [2.45, 2.75) is 59.0 Å². The second-order valence-corrected chi connectivity index (χ2v) is 8.08. The van der Waals surface area contributed by atoms with E-state index in [1.54, 1.807) is 0 Å². The Morgan fingerprint density at radius 1 is 1.36 bits per heavy atom. The number of carbonyl (C=O) groups excluding carboxylic acids is 1. The molecule has 6 nitrogen and oxygen atoms in total. The molecule has 1 aromatic heterocycles. The van der Waals surface area contributed by atoms with Crippen LogP contribution in [0.1, 0.15) is 45.7 Å². The minimum Gasteiger partial charge on any atom is -0.321 e. The monoisotopic (exact) mass is 347 g/mol. The molecule has 140 valence electrons. The first-order valence-electron chi connectivity index (χ1n) is 9.80. The second kappa shape index (κ2) is 7.77. The van der Waals surface area contributed by atoms with E-state index in [9.17, 15) is 4.79 Å². The van der Waals surface area contributed by atoms with Crippen LogP contribution in [0.15, 0.2) is 6.20 Å². The summed E-state index contributed by atoms with van der Waals surface area (Å²) in [5, 5.41) is 7.65. The van der Waals surface area contributed by atoms with Gasteiger partial charge in [-0.2, -0.15) is 5.10 Å². The van der Waals surface area contributed by atoms with Gasteiger partial charge in [0.1, 0.15) is 0 Å². The quantitative estimate of drug-likeness (QED) is 0.911. The smallest absolute Gasteiger partial charge is 0.321 e. The van der Waals surface area contributed by atoms with Gasteiger partial charge in [-0.1, -0.05) is 20.8 Å². The number of hydrogen-bond acceptors (Lipinski definition) is 3. The molecule has 2 saturated heterocycles. The minimum absolute atomic E-state index is 0.0538. The van der Waals surface area contributed by atoms with Crippen LogP contribution in [0.2, 0.25) is 0 Å². The highest BCUT2D eigenvalue weighted by molar-refractivity contribution is 5.90. The first-order valence-corrected chi connectivity index (χ1v) is 9.80. The number of piperidine rings is 2. The van der Waals surface area contributed by atoms with Crippen LogP contribution >= 0.6 is 0 Å². The van der Waals surface area contributed by atoms with E-state index in [2.05, 4.69) is 48.0 Å². The first-order chi connectivity index (χ1) is 12.0. The maximum Gasteiger partial charge on any atom is 0.322 e. The molecule has 25 heavy (non-hydrogen) atoms. The van der Waals surface area contributed by atoms with Crippen LogP contribution in [0.25, 0.3) is 0 Å². The van der Waals surface area contributed by atoms with Gasteiger partial charge < -0.3 is 15.1 Å². The van der Waals surface area contributed by atoms with Gasteiger partial charge >= 0.3 is 6.03 Å². The molecule has 0 saturated carbocycles. The molecule has 2 aliphatic rings. The van der Waals surface area contributed by atoms with Gasteiger partial charge in [0.2, 0.25) is 0 Å². The molecule has 0 aromatic carbocycles. The molecule has 1 N–H and O–H groups in total. The van der Waals surface area contributed by atoms with Crippen molar-refractivity contribution in [2.24, 2.45) is 11.8 Å². The van der Waals surface area contributed by atoms with E-state index in [0.717, 1.165) is 56.8 Å². The average molecular weight is 348 g/mol. The normalized spacial score (nSPS) is 24.4. The summed E-state index contributed by atoms with van der Waals surface area (Å²) in [4.78, 5) is 17.4. The van der Waals surface area contributed by atoms with Gasteiger partial charge in [0.15, 0.2) is 0 Å². The Balaban J connectivity index is 1.70. The lowest BCUT2D eigenvalue weighted by Crippen LogP contribution is -2.56. The number of likely N-dealkylation sites (tertiary alicyclic amines) is 2. The van der Waals surface area contributed by atoms with E-state index in [1.165, 1.54) is 6.42 Å². The Morgan fingerprint density at radius 2 is 2.16 bits per heavy atom. The molecule has 0 spiro atoms. The topological polar surface area (TPSA) is 53.4 Å². The third kappa shape index (κ3) is 4.00. The van der Waals surface area contributed by atoms with Gasteiger partial charge in [0, 0.05) is 25.7 Å². The number of amides is 2. The van der Waals surface area contributed by atoms with E-state index in [1.807, 2.05) is 10.9 Å². The molecular formula is C19H33N5O. The van der Waals surface area contributed by atoms with Crippen molar-refractivity contribution in [1.82, 2.24) is 19.6 Å². The summed E-state index contributed by atoms with van der Waals surface area (Å²) < 4.78 is 2.04. The number of anilines is 1. The number of nitrogens with one attached hydrogen (secondary N) is 1. The van der Waals surface area contributed by atoms with Crippen LogP contribution in [-0.2, 0) is 13.0 Å². The molecule has 3 heterocycles. The van der Waals surface area contributed by atoms with Gasteiger partial charge in [-0.3, -0.25) is 4.68 Å². The molecule has 2 atom stereocenters. The molecule has 0 bridgehead atoms. The van der Waals surface area contributed by atoms with Crippen LogP contribution in [0.5, 0.6) is 0 Å². The van der Waals surface area contributed by atoms with Crippen LogP contribution in [0.4, 0.5) is 10.5 Å². The highest BCUT2D eigenvalue weighted by Crippen LogP contribution is 2.30. The number of carbonyl (C=O) groups is 1. The number of hydrogen-bond donors (Lipinski definition) is 1. The molecular weight excluding hydrogens is 314 g/mol. The zero-order valence-electron chi connectivity index (χ0n) is 16.2. The number of urea groups is 1. The maximum atomic E-state index is 13.0. The molecule has 2 amide bonds. The lowest BCUT2D eigenvalue weighted by atomic mass is 9.84. The summed E-state index contributed by atoms with van der Waals surface area (Å²) in [6, 6.07) is 0.443. The van der Waals surface area contributed by atoms with E-state index >= 15 is 0 Å². The summed E-state index contributed by atoms with van der Waals surface area (Å²) >= 11 is 0. The molecule has 6 heteroatoms. The van der Waals surface area contributed by atoms with Crippen molar-refractivity contribution in [2.75, 3.05) is 32.0 Å². The molecule has 0 unspecified atom stereocenters. The zero-order chi connectivity index (χ0) is 18.0. The van der Waals surface area contributed by atoms with E-state index < -0.39 is 0 Å². The summed E-state index contributed by atoms with van der Waals surface area (Å²) in [6.07, 6.45) is 6.12. The lowest BCUT2D eigenvalue weighted by Gasteiger charge is -2.46. The Bertz CT molecular complexity index is 597. The largest absolute Gasteiger partial charge is 0.322 e. The first kappa shape index (κ1) is 18.2. The fraction of sp³-hybridized carbons (Fsp3) is 0.789. The fourth-order valence-corrected chi connectivity index (χ4v) is 4.42. The van der Waals surface area contributed by atoms with Crippen LogP contribution < -0.4 is 5.32 Å². The summed E-state index contributed by atoms with van der Waals surface area (Å²) in [5.74, 6) is 1.16. The average Bonchev–Trinajstić information content (AvgIpc) is 2.94. The van der Waals surface area contributed by atoms with Crippen molar-refractivity contribution in [3.05, 3.63) is 11.9 Å². The van der Waals surface area contributed by atoms with Gasteiger partial charge in [-0.25, -0.2) is 4.79 Å². The Kier molecular flexibility index (Phi) is 5.67. The number of aromatic nitrogens is 2. The number of rotatable bonds is 4. The van der Waals surface area contributed by atoms with Crippen molar-refractivity contribution < 1.29 is 4.79 Å². The third-order valence-corrected chi connectivity index (χ3v) is 5.60.